The van der Waals surface area contributed by atoms with Crippen molar-refractivity contribution in [1.82, 2.24) is 15.2 Å². The van der Waals surface area contributed by atoms with Crippen LogP contribution in [0.5, 0.6) is 0 Å². The number of aromatic nitrogens is 1. The number of anilines is 2. The van der Waals surface area contributed by atoms with Crippen molar-refractivity contribution in [2.45, 2.75) is 56.0 Å². The van der Waals surface area contributed by atoms with E-state index in [0.29, 0.717) is 48.3 Å². The lowest BCUT2D eigenvalue weighted by atomic mass is 9.79. The van der Waals surface area contributed by atoms with Gasteiger partial charge in [-0.3, -0.25) is 14.4 Å². The maximum atomic E-state index is 14.7. The number of piperazine rings is 1. The van der Waals surface area contributed by atoms with Gasteiger partial charge >= 0.3 is 0 Å². The van der Waals surface area contributed by atoms with E-state index >= 15 is 0 Å². The second-order valence-corrected chi connectivity index (χ2v) is 12.1. The number of pyridine rings is 1. The zero-order valence-corrected chi connectivity index (χ0v) is 22.7. The van der Waals surface area contributed by atoms with E-state index in [0.717, 1.165) is 22.8 Å². The predicted molar refractivity (Wildman–Crippen MR) is 147 cm³/mol. The molecule has 10 heteroatoms. The van der Waals surface area contributed by atoms with Crippen molar-refractivity contribution >= 4 is 29.2 Å². The number of carbonyl (C=O) groups is 3. The molecular weight excluding hydrogens is 528 g/mol. The van der Waals surface area contributed by atoms with Crippen molar-refractivity contribution in [2.24, 2.45) is 0 Å². The normalized spacial score (nSPS) is 25.3. The smallest absolute Gasteiger partial charge is 0.244 e. The number of nitrogens with zero attached hydrogens (tertiary/aromatic N) is 2. The summed E-state index contributed by atoms with van der Waals surface area (Å²) in [4.78, 5) is 45.9. The molecule has 3 amide bonds. The fraction of sp³-hybridized carbons (Fsp3) is 0.355. The molecule has 3 aromatic rings. The first kappa shape index (κ1) is 25.8. The van der Waals surface area contributed by atoms with Gasteiger partial charge in [-0.25, -0.2) is 13.8 Å². The van der Waals surface area contributed by atoms with Gasteiger partial charge in [-0.1, -0.05) is 12.1 Å². The molecule has 2 aliphatic heterocycles. The van der Waals surface area contributed by atoms with E-state index in [1.54, 1.807) is 26.1 Å². The van der Waals surface area contributed by atoms with Crippen LogP contribution < -0.4 is 16.0 Å². The summed E-state index contributed by atoms with van der Waals surface area (Å²) in [5, 5.41) is 9.04. The van der Waals surface area contributed by atoms with Crippen LogP contribution >= 0.6 is 0 Å². The number of carbonyl (C=O) groups excluding carboxylic acids is 3. The van der Waals surface area contributed by atoms with E-state index in [-0.39, 0.29) is 24.9 Å². The average molecular weight is 558 g/mol. The largest absolute Gasteiger partial charge is 0.325 e. The van der Waals surface area contributed by atoms with Crippen molar-refractivity contribution in [3.63, 3.8) is 0 Å². The molecule has 1 fully saturated rings. The van der Waals surface area contributed by atoms with E-state index in [1.807, 2.05) is 24.3 Å². The summed E-state index contributed by atoms with van der Waals surface area (Å²) >= 11 is 0. The molecule has 41 heavy (non-hydrogen) atoms. The van der Waals surface area contributed by atoms with Crippen LogP contribution in [0.25, 0.3) is 0 Å². The number of benzene rings is 2. The van der Waals surface area contributed by atoms with Gasteiger partial charge in [-0.2, -0.15) is 0 Å². The lowest BCUT2D eigenvalue weighted by Crippen LogP contribution is -2.70. The van der Waals surface area contributed by atoms with E-state index in [1.165, 1.54) is 11.0 Å². The number of hydrogen-bond acceptors (Lipinski definition) is 5. The quantitative estimate of drug-likeness (QED) is 0.459. The number of hydrogen-bond donors (Lipinski definition) is 3. The van der Waals surface area contributed by atoms with E-state index in [2.05, 4.69) is 20.9 Å². The SMILES string of the molecule is CC1(C)NC[C@]2(CCc3c(F)cc(F)cc32)N(CC(=O)Nc2ccc3c(c2)C[C@@]2(C3)C(=O)Nc3ncccc32)C1=O. The van der Waals surface area contributed by atoms with Gasteiger partial charge in [-0.15, -0.1) is 0 Å². The molecule has 0 saturated carbocycles. The molecule has 3 heterocycles. The van der Waals surface area contributed by atoms with Gasteiger partial charge in [0, 0.05) is 30.1 Å². The highest BCUT2D eigenvalue weighted by atomic mass is 19.1. The van der Waals surface area contributed by atoms with Crippen LogP contribution in [0.4, 0.5) is 20.3 Å². The Balaban J connectivity index is 1.15. The highest BCUT2D eigenvalue weighted by Gasteiger charge is 2.54. The van der Waals surface area contributed by atoms with Crippen LogP contribution in [0.2, 0.25) is 0 Å². The zero-order chi connectivity index (χ0) is 28.7. The molecule has 0 bridgehead atoms. The number of amides is 3. The second kappa shape index (κ2) is 8.66. The summed E-state index contributed by atoms with van der Waals surface area (Å²) in [6.45, 7) is 3.47. The third kappa shape index (κ3) is 3.73. The topological polar surface area (TPSA) is 103 Å². The molecule has 8 nitrogen and oxygen atoms in total. The monoisotopic (exact) mass is 557 g/mol. The van der Waals surface area contributed by atoms with Crippen LogP contribution in [-0.4, -0.2) is 46.2 Å². The van der Waals surface area contributed by atoms with Crippen LogP contribution in [0.1, 0.15) is 48.1 Å². The standard InChI is InChI=1S/C31H29F2N5O3/c1-29(2)28(41)38(31(16-35-29)8-7-21-23(31)11-19(32)12-24(21)33)15-25(39)36-20-6-5-17-13-30(14-18(17)10-20)22-4-3-9-34-26(22)37-27(30)40/h3-6,9-12,35H,7-8,13-16H2,1-2H3,(H,36,39)(H,34,37,40)/t30-,31+/m1/s1. The van der Waals surface area contributed by atoms with Crippen LogP contribution in [0.3, 0.4) is 0 Å². The minimum atomic E-state index is -1.04. The zero-order valence-electron chi connectivity index (χ0n) is 22.7. The molecule has 2 spiro atoms. The Hall–Kier alpha value is -4.18. The molecule has 1 saturated heterocycles. The first-order chi connectivity index (χ1) is 19.5. The van der Waals surface area contributed by atoms with Crippen molar-refractivity contribution in [1.29, 1.82) is 0 Å². The highest BCUT2D eigenvalue weighted by molar-refractivity contribution is 6.06. The Morgan fingerprint density at radius 1 is 1.07 bits per heavy atom. The minimum absolute atomic E-state index is 0.0807. The number of nitrogens with one attached hydrogen (secondary N) is 3. The molecule has 210 valence electrons. The summed E-state index contributed by atoms with van der Waals surface area (Å²) in [7, 11) is 0. The summed E-state index contributed by atoms with van der Waals surface area (Å²) in [6.07, 6.45) is 3.40. The highest BCUT2D eigenvalue weighted by Crippen LogP contribution is 2.48. The van der Waals surface area contributed by atoms with Gasteiger partial charge in [-0.05, 0) is 86.1 Å². The lowest BCUT2D eigenvalue weighted by molar-refractivity contribution is -0.152. The van der Waals surface area contributed by atoms with Gasteiger partial charge < -0.3 is 20.9 Å². The molecule has 2 aromatic carbocycles. The molecule has 2 aliphatic carbocycles. The van der Waals surface area contributed by atoms with Gasteiger partial charge in [0.1, 0.15) is 24.0 Å². The molecule has 0 unspecified atom stereocenters. The maximum absolute atomic E-state index is 14.7. The molecular formula is C31H29F2N5O3. The minimum Gasteiger partial charge on any atom is -0.325 e. The maximum Gasteiger partial charge on any atom is 0.244 e. The van der Waals surface area contributed by atoms with Gasteiger partial charge in [0.2, 0.25) is 17.7 Å². The Kier molecular flexibility index (Phi) is 5.44. The number of rotatable bonds is 3. The number of halogens is 2. The van der Waals surface area contributed by atoms with Crippen molar-refractivity contribution in [3.05, 3.63) is 88.1 Å². The summed E-state index contributed by atoms with van der Waals surface area (Å²) in [5.74, 6) is -1.57. The van der Waals surface area contributed by atoms with Crippen molar-refractivity contribution in [3.8, 4) is 0 Å². The average Bonchev–Trinajstić information content (AvgIpc) is 3.57. The van der Waals surface area contributed by atoms with Crippen LogP contribution in [-0.2, 0) is 44.6 Å². The predicted octanol–water partition coefficient (Wildman–Crippen LogP) is 3.34. The first-order valence-corrected chi connectivity index (χ1v) is 13.8. The molecule has 1 aromatic heterocycles. The fourth-order valence-corrected chi connectivity index (χ4v) is 7.19. The van der Waals surface area contributed by atoms with E-state index in [9.17, 15) is 23.2 Å². The van der Waals surface area contributed by atoms with Crippen LogP contribution in [0, 0.1) is 11.6 Å². The Morgan fingerprint density at radius 3 is 2.71 bits per heavy atom. The van der Waals surface area contributed by atoms with E-state index < -0.39 is 34.0 Å². The number of fused-ring (bicyclic) bond motifs is 5. The molecule has 0 radical (unpaired) electrons. The molecule has 3 N–H and O–H groups in total. The van der Waals surface area contributed by atoms with Gasteiger partial charge in [0.05, 0.1) is 16.5 Å². The van der Waals surface area contributed by atoms with E-state index in [4.69, 9.17) is 0 Å². The summed E-state index contributed by atoms with van der Waals surface area (Å²) in [5.41, 5.74) is 1.49. The fourth-order valence-electron chi connectivity index (χ4n) is 7.19. The first-order valence-electron chi connectivity index (χ1n) is 13.8. The summed E-state index contributed by atoms with van der Waals surface area (Å²) < 4.78 is 29.0. The Morgan fingerprint density at radius 2 is 1.88 bits per heavy atom. The van der Waals surface area contributed by atoms with Crippen LogP contribution in [0.15, 0.2) is 48.7 Å². The van der Waals surface area contributed by atoms with Crippen molar-refractivity contribution < 1.29 is 23.2 Å². The van der Waals surface area contributed by atoms with Crippen molar-refractivity contribution in [2.75, 3.05) is 23.7 Å². The molecule has 2 atom stereocenters. The Labute approximate surface area is 235 Å². The summed E-state index contributed by atoms with van der Waals surface area (Å²) in [6, 6.07) is 11.5. The third-order valence-electron chi connectivity index (χ3n) is 9.34. The van der Waals surface area contributed by atoms with Gasteiger partial charge in [0.25, 0.3) is 0 Å². The Bertz CT molecular complexity index is 1670. The molecule has 4 aliphatic rings. The van der Waals surface area contributed by atoms with Gasteiger partial charge in [0.15, 0.2) is 0 Å². The molecule has 7 rings (SSSR count). The second-order valence-electron chi connectivity index (χ2n) is 12.1. The third-order valence-corrected chi connectivity index (χ3v) is 9.34. The lowest BCUT2D eigenvalue weighted by Gasteiger charge is -2.50.